The summed E-state index contributed by atoms with van der Waals surface area (Å²) in [4.78, 5) is 0. The van der Waals surface area contributed by atoms with Gasteiger partial charge in [-0.05, 0) is 18.4 Å². The van der Waals surface area contributed by atoms with Crippen molar-refractivity contribution >= 4 is 5.71 Å². The Kier molecular flexibility index (Phi) is 1.84. The van der Waals surface area contributed by atoms with Crippen LogP contribution in [-0.2, 0) is 5.41 Å². The first kappa shape index (κ1) is 8.96. The molecule has 0 unspecified atom stereocenters. The first-order valence-electron chi connectivity index (χ1n) is 5.67. The van der Waals surface area contributed by atoms with Gasteiger partial charge in [-0.1, -0.05) is 42.3 Å². The third kappa shape index (κ3) is 1.14. The summed E-state index contributed by atoms with van der Waals surface area (Å²) in [6, 6.07) is 8.41. The van der Waals surface area contributed by atoms with Gasteiger partial charge >= 0.3 is 0 Å². The molecule has 1 fully saturated rings. The molecule has 1 N–H and O–H groups in total. The van der Waals surface area contributed by atoms with E-state index in [0.717, 1.165) is 12.1 Å². The molecule has 0 atom stereocenters. The van der Waals surface area contributed by atoms with Crippen LogP contribution in [0.3, 0.4) is 0 Å². The van der Waals surface area contributed by atoms with Crippen LogP contribution in [-0.4, -0.2) is 10.9 Å². The van der Waals surface area contributed by atoms with Gasteiger partial charge in [-0.2, -0.15) is 0 Å². The highest BCUT2D eigenvalue weighted by Crippen LogP contribution is 2.49. The summed E-state index contributed by atoms with van der Waals surface area (Å²) < 4.78 is 0. The van der Waals surface area contributed by atoms with Crippen molar-refractivity contribution in [3.05, 3.63) is 35.4 Å². The molecule has 1 saturated carbocycles. The van der Waals surface area contributed by atoms with Gasteiger partial charge in [-0.3, -0.25) is 0 Å². The van der Waals surface area contributed by atoms with E-state index in [2.05, 4.69) is 23.4 Å². The number of benzene rings is 1. The van der Waals surface area contributed by atoms with Crippen molar-refractivity contribution in [2.24, 2.45) is 5.16 Å². The fourth-order valence-electron chi connectivity index (χ4n) is 3.30. The Balaban J connectivity index is 2.17. The molecule has 0 bridgehead atoms. The number of rotatable bonds is 0. The summed E-state index contributed by atoms with van der Waals surface area (Å²) in [6.45, 7) is 0. The minimum absolute atomic E-state index is 0.304. The van der Waals surface area contributed by atoms with E-state index in [9.17, 15) is 0 Å². The molecule has 1 aromatic carbocycles. The molecule has 15 heavy (non-hydrogen) atoms. The lowest BCUT2D eigenvalue weighted by Crippen LogP contribution is -2.18. The fourth-order valence-corrected chi connectivity index (χ4v) is 3.30. The molecule has 0 heterocycles. The SMILES string of the molecule is ON=C1CC2(CCCC2)c2ccccc21. The smallest absolute Gasteiger partial charge is 0.0879 e. The third-order valence-electron chi connectivity index (χ3n) is 4.00. The first-order chi connectivity index (χ1) is 7.36. The van der Waals surface area contributed by atoms with Crippen molar-refractivity contribution in [2.45, 2.75) is 37.5 Å². The van der Waals surface area contributed by atoms with E-state index < -0.39 is 0 Å². The predicted octanol–water partition coefficient (Wildman–Crippen LogP) is 3.08. The number of oxime groups is 1. The van der Waals surface area contributed by atoms with Gasteiger partial charge in [0.05, 0.1) is 5.71 Å². The highest BCUT2D eigenvalue weighted by molar-refractivity contribution is 6.05. The lowest BCUT2D eigenvalue weighted by atomic mass is 9.80. The van der Waals surface area contributed by atoms with Crippen LogP contribution in [0.25, 0.3) is 0 Å². The number of hydrogen-bond acceptors (Lipinski definition) is 2. The highest BCUT2D eigenvalue weighted by Gasteiger charge is 2.43. The van der Waals surface area contributed by atoms with Crippen molar-refractivity contribution in [1.29, 1.82) is 0 Å². The Morgan fingerprint density at radius 3 is 2.60 bits per heavy atom. The summed E-state index contributed by atoms with van der Waals surface area (Å²) in [7, 11) is 0. The average Bonchev–Trinajstić information content (AvgIpc) is 2.87. The number of nitrogens with zero attached hydrogens (tertiary/aromatic N) is 1. The van der Waals surface area contributed by atoms with Crippen molar-refractivity contribution in [1.82, 2.24) is 0 Å². The molecule has 0 aliphatic heterocycles. The van der Waals surface area contributed by atoms with Crippen LogP contribution in [0.5, 0.6) is 0 Å². The van der Waals surface area contributed by atoms with Crippen LogP contribution >= 0.6 is 0 Å². The van der Waals surface area contributed by atoms with Crippen LogP contribution in [0.4, 0.5) is 0 Å². The van der Waals surface area contributed by atoms with E-state index in [4.69, 9.17) is 5.21 Å². The molecule has 2 aliphatic carbocycles. The van der Waals surface area contributed by atoms with Crippen molar-refractivity contribution < 1.29 is 5.21 Å². The Morgan fingerprint density at radius 1 is 1.13 bits per heavy atom. The second-order valence-electron chi connectivity index (χ2n) is 4.76. The predicted molar refractivity (Wildman–Crippen MR) is 59.5 cm³/mol. The first-order valence-corrected chi connectivity index (χ1v) is 5.67. The third-order valence-corrected chi connectivity index (χ3v) is 4.00. The minimum atomic E-state index is 0.304. The molecule has 2 aliphatic rings. The monoisotopic (exact) mass is 201 g/mol. The van der Waals surface area contributed by atoms with Gasteiger partial charge in [0.25, 0.3) is 0 Å². The molecule has 0 aromatic heterocycles. The van der Waals surface area contributed by atoms with E-state index in [1.807, 2.05) is 6.07 Å². The maximum Gasteiger partial charge on any atom is 0.0879 e. The molecule has 3 rings (SSSR count). The molecule has 2 nitrogen and oxygen atoms in total. The summed E-state index contributed by atoms with van der Waals surface area (Å²) in [5, 5.41) is 12.5. The van der Waals surface area contributed by atoms with E-state index in [0.29, 0.717) is 5.41 Å². The summed E-state index contributed by atoms with van der Waals surface area (Å²) >= 11 is 0. The molecule has 2 heteroatoms. The van der Waals surface area contributed by atoms with Crippen LogP contribution in [0, 0.1) is 0 Å². The maximum atomic E-state index is 9.04. The molecule has 0 amide bonds. The quantitative estimate of drug-likeness (QED) is 0.507. The lowest BCUT2D eigenvalue weighted by Gasteiger charge is -2.23. The average molecular weight is 201 g/mol. The lowest BCUT2D eigenvalue weighted by molar-refractivity contribution is 0.316. The highest BCUT2D eigenvalue weighted by atomic mass is 16.4. The van der Waals surface area contributed by atoms with Gasteiger partial charge in [-0.25, -0.2) is 0 Å². The van der Waals surface area contributed by atoms with Gasteiger partial charge < -0.3 is 5.21 Å². The van der Waals surface area contributed by atoms with E-state index in [1.165, 1.54) is 36.8 Å². The van der Waals surface area contributed by atoms with Crippen molar-refractivity contribution in [2.75, 3.05) is 0 Å². The molecular formula is C13H15NO. The van der Waals surface area contributed by atoms with E-state index >= 15 is 0 Å². The maximum absolute atomic E-state index is 9.04. The van der Waals surface area contributed by atoms with Gasteiger partial charge in [0, 0.05) is 17.4 Å². The van der Waals surface area contributed by atoms with Gasteiger partial charge in [0.15, 0.2) is 0 Å². The fraction of sp³-hybridized carbons (Fsp3) is 0.462. The molecular weight excluding hydrogens is 186 g/mol. The van der Waals surface area contributed by atoms with Crippen LogP contribution in [0.1, 0.15) is 43.2 Å². The summed E-state index contributed by atoms with van der Waals surface area (Å²) in [6.07, 6.45) is 6.06. The van der Waals surface area contributed by atoms with E-state index in [1.54, 1.807) is 0 Å². The zero-order valence-corrected chi connectivity index (χ0v) is 8.74. The van der Waals surface area contributed by atoms with Gasteiger partial charge in [-0.15, -0.1) is 0 Å². The second kappa shape index (κ2) is 3.09. The molecule has 0 saturated heterocycles. The topological polar surface area (TPSA) is 32.6 Å². The van der Waals surface area contributed by atoms with Crippen LogP contribution < -0.4 is 0 Å². The van der Waals surface area contributed by atoms with Crippen molar-refractivity contribution in [3.63, 3.8) is 0 Å². The minimum Gasteiger partial charge on any atom is -0.411 e. The van der Waals surface area contributed by atoms with Gasteiger partial charge in [0.1, 0.15) is 0 Å². The number of fused-ring (bicyclic) bond motifs is 2. The second-order valence-corrected chi connectivity index (χ2v) is 4.76. The van der Waals surface area contributed by atoms with E-state index in [-0.39, 0.29) is 0 Å². The summed E-state index contributed by atoms with van der Waals surface area (Å²) in [5.74, 6) is 0. The Morgan fingerprint density at radius 2 is 1.87 bits per heavy atom. The van der Waals surface area contributed by atoms with Crippen LogP contribution in [0.2, 0.25) is 0 Å². The Bertz CT molecular complexity index is 416. The molecule has 0 radical (unpaired) electrons. The standard InChI is InChI=1S/C13H15NO/c15-14-12-9-13(7-3-4-8-13)11-6-2-1-5-10(11)12/h1-2,5-6,15H,3-4,7-9H2. The van der Waals surface area contributed by atoms with Crippen molar-refractivity contribution in [3.8, 4) is 0 Å². The Labute approximate surface area is 89.6 Å². The normalized spacial score (nSPS) is 24.9. The Hall–Kier alpha value is -1.31. The zero-order valence-electron chi connectivity index (χ0n) is 8.74. The summed E-state index contributed by atoms with van der Waals surface area (Å²) in [5.41, 5.74) is 3.77. The van der Waals surface area contributed by atoms with Crippen LogP contribution in [0.15, 0.2) is 29.4 Å². The molecule has 1 spiro atoms. The molecule has 78 valence electrons. The largest absolute Gasteiger partial charge is 0.411 e. The zero-order chi connectivity index (χ0) is 10.3. The van der Waals surface area contributed by atoms with Gasteiger partial charge in [0.2, 0.25) is 0 Å². The number of hydrogen-bond donors (Lipinski definition) is 1. The molecule has 1 aromatic rings.